The molecule has 2 N–H and O–H groups in total. The zero-order valence-electron chi connectivity index (χ0n) is 11.2. The van der Waals surface area contributed by atoms with Gasteiger partial charge in [-0.2, -0.15) is 10.2 Å². The number of nitrogens with one attached hydrogen (secondary N) is 2. The fraction of sp³-hybridized carbons (Fsp3) is 0.462. The molecule has 0 aliphatic carbocycles. The molecule has 7 nitrogen and oxygen atoms in total. The van der Waals surface area contributed by atoms with Crippen LogP contribution in [0.2, 0.25) is 0 Å². The number of rotatable bonds is 4. The molecule has 1 fully saturated rings. The highest BCUT2D eigenvalue weighted by Gasteiger charge is 2.36. The van der Waals surface area contributed by atoms with Crippen molar-refractivity contribution in [2.75, 3.05) is 11.9 Å². The van der Waals surface area contributed by atoms with E-state index in [-0.39, 0.29) is 17.9 Å². The number of hydrogen-bond acceptors (Lipinski definition) is 4. The molecule has 7 heteroatoms. The molecule has 106 valence electrons. The topological polar surface area (TPSA) is 84.8 Å². The van der Waals surface area contributed by atoms with Gasteiger partial charge in [0, 0.05) is 31.1 Å². The monoisotopic (exact) mass is 275 g/mol. The van der Waals surface area contributed by atoms with Crippen LogP contribution in [-0.2, 0) is 16.1 Å². The molecule has 1 aliphatic rings. The molecule has 3 heterocycles. The second-order valence-electron chi connectivity index (χ2n) is 4.79. The molecule has 2 atom stereocenters. The number of aromatic amines is 1. The van der Waals surface area contributed by atoms with Gasteiger partial charge in [0.15, 0.2) is 0 Å². The van der Waals surface area contributed by atoms with Crippen LogP contribution in [0.3, 0.4) is 0 Å². The second-order valence-corrected chi connectivity index (χ2v) is 4.79. The van der Waals surface area contributed by atoms with Crippen LogP contribution < -0.4 is 5.32 Å². The molecule has 2 aromatic heterocycles. The smallest absolute Gasteiger partial charge is 0.230 e. The third kappa shape index (κ3) is 2.44. The molecule has 0 spiro atoms. The largest absolute Gasteiger partial charge is 0.373 e. The number of nitrogens with zero attached hydrogens (tertiary/aromatic N) is 3. The van der Waals surface area contributed by atoms with E-state index in [1.54, 1.807) is 18.6 Å². The molecule has 2 aromatic rings. The molecule has 0 radical (unpaired) electrons. The summed E-state index contributed by atoms with van der Waals surface area (Å²) in [4.78, 5) is 12.3. The van der Waals surface area contributed by atoms with Gasteiger partial charge in [0.25, 0.3) is 0 Å². The number of aryl methyl sites for hydroxylation is 1. The Morgan fingerprint density at radius 1 is 1.60 bits per heavy atom. The minimum atomic E-state index is -0.220. The van der Waals surface area contributed by atoms with Gasteiger partial charge in [-0.1, -0.05) is 0 Å². The Morgan fingerprint density at radius 2 is 2.50 bits per heavy atom. The van der Waals surface area contributed by atoms with Crippen molar-refractivity contribution in [2.24, 2.45) is 5.92 Å². The van der Waals surface area contributed by atoms with Crippen molar-refractivity contribution < 1.29 is 9.53 Å². The van der Waals surface area contributed by atoms with Gasteiger partial charge in [0.1, 0.15) is 0 Å². The minimum absolute atomic E-state index is 0.0434. The lowest BCUT2D eigenvalue weighted by molar-refractivity contribution is -0.121. The van der Waals surface area contributed by atoms with Gasteiger partial charge in [-0.05, 0) is 13.3 Å². The molecular weight excluding hydrogens is 258 g/mol. The molecular formula is C13H17N5O2. The van der Waals surface area contributed by atoms with E-state index in [0.717, 1.165) is 12.1 Å². The maximum atomic E-state index is 12.3. The number of aromatic nitrogens is 4. The normalized spacial score (nSPS) is 22.1. The van der Waals surface area contributed by atoms with Gasteiger partial charge in [0.2, 0.25) is 5.91 Å². The fourth-order valence-corrected chi connectivity index (χ4v) is 2.44. The van der Waals surface area contributed by atoms with E-state index in [0.29, 0.717) is 18.7 Å². The number of amides is 1. The first kappa shape index (κ1) is 12.9. The first-order chi connectivity index (χ1) is 9.78. The summed E-state index contributed by atoms with van der Waals surface area (Å²) in [6, 6.07) is 0. The molecule has 1 amide bonds. The molecule has 0 bridgehead atoms. The van der Waals surface area contributed by atoms with E-state index in [4.69, 9.17) is 4.74 Å². The Bertz CT molecular complexity index is 577. The van der Waals surface area contributed by atoms with Crippen LogP contribution >= 0.6 is 0 Å². The Morgan fingerprint density at radius 3 is 3.20 bits per heavy atom. The predicted octanol–water partition coefficient (Wildman–Crippen LogP) is 1.34. The van der Waals surface area contributed by atoms with Crippen LogP contribution in [0.5, 0.6) is 0 Å². The quantitative estimate of drug-likeness (QED) is 0.882. The van der Waals surface area contributed by atoms with Gasteiger partial charge in [-0.25, -0.2) is 0 Å². The number of ether oxygens (including phenoxy) is 1. The average molecular weight is 275 g/mol. The van der Waals surface area contributed by atoms with E-state index in [9.17, 15) is 4.79 Å². The highest BCUT2D eigenvalue weighted by molar-refractivity contribution is 5.92. The zero-order valence-corrected chi connectivity index (χ0v) is 11.2. The Labute approximate surface area is 116 Å². The number of anilines is 1. The zero-order chi connectivity index (χ0) is 13.9. The molecule has 0 unspecified atom stereocenters. The van der Waals surface area contributed by atoms with Gasteiger partial charge < -0.3 is 10.1 Å². The Hall–Kier alpha value is -2.15. The fourth-order valence-electron chi connectivity index (χ4n) is 2.44. The maximum absolute atomic E-state index is 12.3. The van der Waals surface area contributed by atoms with Gasteiger partial charge >= 0.3 is 0 Å². The molecule has 1 aliphatic heterocycles. The van der Waals surface area contributed by atoms with Crippen molar-refractivity contribution in [3.05, 3.63) is 30.4 Å². The summed E-state index contributed by atoms with van der Waals surface area (Å²) in [5.41, 5.74) is 1.63. The minimum Gasteiger partial charge on any atom is -0.373 e. The third-order valence-corrected chi connectivity index (χ3v) is 3.50. The summed E-state index contributed by atoms with van der Waals surface area (Å²) in [5.74, 6) is -0.238. The van der Waals surface area contributed by atoms with Gasteiger partial charge in [0.05, 0.1) is 30.1 Å². The Balaban J connectivity index is 1.73. The first-order valence-corrected chi connectivity index (χ1v) is 6.71. The lowest BCUT2D eigenvalue weighted by Crippen LogP contribution is -2.25. The summed E-state index contributed by atoms with van der Waals surface area (Å²) in [6.45, 7) is 3.42. The average Bonchev–Trinajstić information content (AvgIpc) is 3.19. The van der Waals surface area contributed by atoms with E-state index < -0.39 is 0 Å². The number of hydrogen-bond donors (Lipinski definition) is 2. The van der Waals surface area contributed by atoms with Gasteiger partial charge in [-0.15, -0.1) is 0 Å². The summed E-state index contributed by atoms with van der Waals surface area (Å²) in [5, 5.41) is 13.6. The lowest BCUT2D eigenvalue weighted by Gasteiger charge is -2.16. The van der Waals surface area contributed by atoms with E-state index in [1.807, 2.05) is 17.8 Å². The summed E-state index contributed by atoms with van der Waals surface area (Å²) in [6.07, 6.45) is 7.44. The molecule has 0 saturated carbocycles. The van der Waals surface area contributed by atoms with Crippen molar-refractivity contribution in [1.29, 1.82) is 0 Å². The van der Waals surface area contributed by atoms with Crippen molar-refractivity contribution in [2.45, 2.75) is 26.0 Å². The van der Waals surface area contributed by atoms with Crippen molar-refractivity contribution in [1.82, 2.24) is 20.0 Å². The number of H-pyrrole nitrogens is 1. The van der Waals surface area contributed by atoms with Crippen molar-refractivity contribution in [3.63, 3.8) is 0 Å². The first-order valence-electron chi connectivity index (χ1n) is 6.71. The standard InChI is InChI=1S/C13H17N5O2/c1-2-18-8-9(5-16-18)12-11(3-4-20-12)13(19)17-10-6-14-15-7-10/h5-8,11-12H,2-4H2,1H3,(H,14,15)(H,17,19)/t11-,12+/m0/s1. The van der Waals surface area contributed by atoms with Crippen LogP contribution in [0.15, 0.2) is 24.8 Å². The van der Waals surface area contributed by atoms with E-state index in [1.165, 1.54) is 0 Å². The Kier molecular flexibility index (Phi) is 3.51. The third-order valence-electron chi connectivity index (χ3n) is 3.50. The van der Waals surface area contributed by atoms with E-state index >= 15 is 0 Å². The second kappa shape index (κ2) is 5.46. The van der Waals surface area contributed by atoms with E-state index in [2.05, 4.69) is 20.6 Å². The van der Waals surface area contributed by atoms with Crippen LogP contribution in [0.1, 0.15) is 25.0 Å². The number of carbonyl (C=O) groups is 1. The highest BCUT2D eigenvalue weighted by atomic mass is 16.5. The molecule has 3 rings (SSSR count). The lowest BCUT2D eigenvalue weighted by atomic mass is 9.96. The van der Waals surface area contributed by atoms with Crippen LogP contribution in [-0.4, -0.2) is 32.5 Å². The van der Waals surface area contributed by atoms with Crippen LogP contribution in [0.25, 0.3) is 0 Å². The van der Waals surface area contributed by atoms with Gasteiger partial charge in [-0.3, -0.25) is 14.6 Å². The maximum Gasteiger partial charge on any atom is 0.230 e. The molecule has 1 saturated heterocycles. The number of carbonyl (C=O) groups excluding carboxylic acids is 1. The van der Waals surface area contributed by atoms with Crippen LogP contribution in [0, 0.1) is 5.92 Å². The highest BCUT2D eigenvalue weighted by Crippen LogP contribution is 2.35. The van der Waals surface area contributed by atoms with Crippen molar-refractivity contribution in [3.8, 4) is 0 Å². The molecule has 20 heavy (non-hydrogen) atoms. The summed E-state index contributed by atoms with van der Waals surface area (Å²) in [7, 11) is 0. The molecule has 0 aromatic carbocycles. The van der Waals surface area contributed by atoms with Crippen molar-refractivity contribution >= 4 is 11.6 Å². The predicted molar refractivity (Wildman–Crippen MR) is 71.9 cm³/mol. The van der Waals surface area contributed by atoms with Crippen LogP contribution in [0.4, 0.5) is 5.69 Å². The summed E-state index contributed by atoms with van der Waals surface area (Å²) < 4.78 is 7.55. The summed E-state index contributed by atoms with van der Waals surface area (Å²) >= 11 is 0. The SMILES string of the molecule is CCn1cc([C@H]2OCC[C@@H]2C(=O)Nc2cn[nH]c2)cn1.